The first kappa shape index (κ1) is 11.7. The summed E-state index contributed by atoms with van der Waals surface area (Å²) in [6.07, 6.45) is -2.68. The van der Waals surface area contributed by atoms with Crippen molar-refractivity contribution in [2.24, 2.45) is 0 Å². The molecule has 0 spiro atoms. The number of thioether (sulfide) groups is 1. The van der Waals surface area contributed by atoms with Crippen LogP contribution in [0, 0.1) is 0 Å². The SMILES string of the molecule is CSc1cc(N)cc(C(F)(F)F)c1Br. The maximum atomic E-state index is 12.5. The fourth-order valence-electron chi connectivity index (χ4n) is 0.974. The average molecular weight is 286 g/mol. The van der Waals surface area contributed by atoms with Crippen LogP contribution < -0.4 is 5.73 Å². The van der Waals surface area contributed by atoms with Gasteiger partial charge < -0.3 is 5.73 Å². The third-order valence-corrected chi connectivity index (χ3v) is 3.47. The summed E-state index contributed by atoms with van der Waals surface area (Å²) in [6.45, 7) is 0. The van der Waals surface area contributed by atoms with Gasteiger partial charge in [-0.25, -0.2) is 0 Å². The number of nitrogens with two attached hydrogens (primary N) is 1. The van der Waals surface area contributed by atoms with E-state index in [0.29, 0.717) is 4.90 Å². The molecule has 0 heterocycles. The number of alkyl halides is 3. The lowest BCUT2D eigenvalue weighted by molar-refractivity contribution is -0.138. The summed E-state index contributed by atoms with van der Waals surface area (Å²) in [7, 11) is 0. The Morgan fingerprint density at radius 3 is 2.36 bits per heavy atom. The van der Waals surface area contributed by atoms with E-state index in [0.717, 1.165) is 6.07 Å². The summed E-state index contributed by atoms with van der Waals surface area (Å²) in [5, 5.41) is 0. The summed E-state index contributed by atoms with van der Waals surface area (Å²) in [5.41, 5.74) is 4.75. The smallest absolute Gasteiger partial charge is 0.399 e. The molecule has 0 fully saturated rings. The second kappa shape index (κ2) is 4.02. The number of hydrogen-bond donors (Lipinski definition) is 1. The van der Waals surface area contributed by atoms with E-state index < -0.39 is 11.7 Å². The van der Waals surface area contributed by atoms with Crippen LogP contribution in [0.4, 0.5) is 18.9 Å². The molecule has 0 aliphatic carbocycles. The van der Waals surface area contributed by atoms with E-state index in [-0.39, 0.29) is 10.2 Å². The molecule has 0 atom stereocenters. The van der Waals surface area contributed by atoms with E-state index in [4.69, 9.17) is 5.73 Å². The Labute approximate surface area is 92.0 Å². The first-order valence-corrected chi connectivity index (χ1v) is 5.58. The van der Waals surface area contributed by atoms with Crippen molar-refractivity contribution in [2.75, 3.05) is 12.0 Å². The van der Waals surface area contributed by atoms with Gasteiger partial charge in [-0.1, -0.05) is 0 Å². The standard InChI is InChI=1S/C8H7BrF3NS/c1-14-6-3-4(13)2-5(7(6)9)8(10,11)12/h2-3H,13H2,1H3. The van der Waals surface area contributed by atoms with Gasteiger partial charge in [0.2, 0.25) is 0 Å². The van der Waals surface area contributed by atoms with Crippen molar-refractivity contribution in [3.05, 3.63) is 22.2 Å². The Hall–Kier alpha value is -0.360. The molecule has 0 radical (unpaired) electrons. The molecule has 78 valence electrons. The van der Waals surface area contributed by atoms with Gasteiger partial charge in [0.15, 0.2) is 0 Å². The number of nitrogen functional groups attached to an aromatic ring is 1. The number of anilines is 1. The highest BCUT2D eigenvalue weighted by molar-refractivity contribution is 9.10. The van der Waals surface area contributed by atoms with E-state index in [1.807, 2.05) is 0 Å². The first-order valence-electron chi connectivity index (χ1n) is 3.56. The highest BCUT2D eigenvalue weighted by Gasteiger charge is 2.34. The van der Waals surface area contributed by atoms with Crippen LogP contribution in [0.2, 0.25) is 0 Å². The highest BCUT2D eigenvalue weighted by atomic mass is 79.9. The molecule has 0 bridgehead atoms. The molecule has 0 saturated heterocycles. The maximum absolute atomic E-state index is 12.5. The van der Waals surface area contributed by atoms with Crippen molar-refractivity contribution >= 4 is 33.4 Å². The number of rotatable bonds is 1. The topological polar surface area (TPSA) is 26.0 Å². The zero-order valence-electron chi connectivity index (χ0n) is 7.15. The normalized spacial score (nSPS) is 11.8. The lowest BCUT2D eigenvalue weighted by Gasteiger charge is -2.12. The van der Waals surface area contributed by atoms with Gasteiger partial charge >= 0.3 is 6.18 Å². The van der Waals surface area contributed by atoms with Gasteiger partial charge in [-0.15, -0.1) is 11.8 Å². The van der Waals surface area contributed by atoms with Crippen LogP contribution in [0.25, 0.3) is 0 Å². The van der Waals surface area contributed by atoms with Crippen molar-refractivity contribution < 1.29 is 13.2 Å². The summed E-state index contributed by atoms with van der Waals surface area (Å²) >= 11 is 4.13. The van der Waals surface area contributed by atoms with Crippen molar-refractivity contribution in [1.82, 2.24) is 0 Å². The third kappa shape index (κ3) is 2.36. The minimum absolute atomic E-state index is 0.0479. The molecule has 2 N–H and O–H groups in total. The quantitative estimate of drug-likeness (QED) is 0.628. The van der Waals surface area contributed by atoms with E-state index in [1.54, 1.807) is 6.26 Å². The van der Waals surface area contributed by atoms with Crippen LogP contribution in [0.3, 0.4) is 0 Å². The van der Waals surface area contributed by atoms with Crippen LogP contribution in [-0.4, -0.2) is 6.26 Å². The van der Waals surface area contributed by atoms with Gasteiger partial charge in [0.25, 0.3) is 0 Å². The Balaban J connectivity index is 3.37. The molecule has 0 saturated carbocycles. The predicted octanol–water partition coefficient (Wildman–Crippen LogP) is 3.77. The number of benzene rings is 1. The maximum Gasteiger partial charge on any atom is 0.417 e. The van der Waals surface area contributed by atoms with Gasteiger partial charge in [0, 0.05) is 15.1 Å². The third-order valence-electron chi connectivity index (χ3n) is 1.59. The van der Waals surface area contributed by atoms with Crippen LogP contribution in [0.15, 0.2) is 21.5 Å². The first-order chi connectivity index (χ1) is 6.36. The minimum atomic E-state index is -4.38. The van der Waals surface area contributed by atoms with Crippen LogP contribution >= 0.6 is 27.7 Å². The van der Waals surface area contributed by atoms with Crippen LogP contribution in [0.5, 0.6) is 0 Å². The van der Waals surface area contributed by atoms with Crippen molar-refractivity contribution in [3.8, 4) is 0 Å². The summed E-state index contributed by atoms with van der Waals surface area (Å²) in [5.74, 6) is 0. The number of halogens is 4. The average Bonchev–Trinajstić information content (AvgIpc) is 2.06. The largest absolute Gasteiger partial charge is 0.417 e. The molecule has 14 heavy (non-hydrogen) atoms. The Morgan fingerprint density at radius 1 is 1.36 bits per heavy atom. The fraction of sp³-hybridized carbons (Fsp3) is 0.250. The summed E-state index contributed by atoms with van der Waals surface area (Å²) < 4.78 is 37.4. The van der Waals surface area contributed by atoms with Crippen LogP contribution in [-0.2, 0) is 6.18 Å². The summed E-state index contributed by atoms with van der Waals surface area (Å²) in [4.78, 5) is 0.484. The molecule has 1 aromatic rings. The van der Waals surface area contributed by atoms with Crippen molar-refractivity contribution in [1.29, 1.82) is 0 Å². The van der Waals surface area contributed by atoms with Gasteiger partial charge in [0.1, 0.15) is 0 Å². The van der Waals surface area contributed by atoms with Gasteiger partial charge in [-0.2, -0.15) is 13.2 Å². The fourth-order valence-corrected chi connectivity index (χ4v) is 2.46. The lowest BCUT2D eigenvalue weighted by atomic mass is 10.2. The second-order valence-electron chi connectivity index (χ2n) is 2.58. The Kier molecular flexibility index (Phi) is 3.36. The molecular formula is C8H7BrF3NS. The molecule has 0 aromatic heterocycles. The number of hydrogen-bond acceptors (Lipinski definition) is 2. The molecule has 0 amide bonds. The zero-order valence-corrected chi connectivity index (χ0v) is 9.55. The Morgan fingerprint density at radius 2 is 1.93 bits per heavy atom. The monoisotopic (exact) mass is 285 g/mol. The molecule has 0 aliphatic rings. The second-order valence-corrected chi connectivity index (χ2v) is 4.22. The van der Waals surface area contributed by atoms with Gasteiger partial charge in [-0.3, -0.25) is 0 Å². The van der Waals surface area contributed by atoms with Gasteiger partial charge in [-0.05, 0) is 34.3 Å². The zero-order chi connectivity index (χ0) is 10.9. The van der Waals surface area contributed by atoms with E-state index in [9.17, 15) is 13.2 Å². The highest BCUT2D eigenvalue weighted by Crippen LogP contribution is 2.40. The predicted molar refractivity (Wildman–Crippen MR) is 55.3 cm³/mol. The molecule has 0 aliphatic heterocycles. The molecule has 0 unspecified atom stereocenters. The van der Waals surface area contributed by atoms with Crippen molar-refractivity contribution in [3.63, 3.8) is 0 Å². The van der Waals surface area contributed by atoms with Crippen molar-refractivity contribution in [2.45, 2.75) is 11.1 Å². The Bertz CT molecular complexity index is 351. The summed E-state index contributed by atoms with van der Waals surface area (Å²) in [6, 6.07) is 2.42. The van der Waals surface area contributed by atoms with E-state index >= 15 is 0 Å². The molecule has 6 heteroatoms. The molecular weight excluding hydrogens is 279 g/mol. The molecule has 1 aromatic carbocycles. The van der Waals surface area contributed by atoms with Gasteiger partial charge in [0.05, 0.1) is 5.56 Å². The minimum Gasteiger partial charge on any atom is -0.399 e. The molecule has 1 nitrogen and oxygen atoms in total. The van der Waals surface area contributed by atoms with E-state index in [1.165, 1.54) is 17.8 Å². The lowest BCUT2D eigenvalue weighted by Crippen LogP contribution is -2.07. The van der Waals surface area contributed by atoms with E-state index in [2.05, 4.69) is 15.9 Å². The van der Waals surface area contributed by atoms with Crippen LogP contribution in [0.1, 0.15) is 5.56 Å². The molecule has 1 rings (SSSR count).